The van der Waals surface area contributed by atoms with Gasteiger partial charge in [0, 0.05) is 17.7 Å². The maximum Gasteiger partial charge on any atom is 0.271 e. The number of halogens is 1. The fraction of sp³-hybridized carbons (Fsp3) is 0.0455. The number of carbonyl (C=O) groups is 2. The molecule has 10 heteroatoms. The summed E-state index contributed by atoms with van der Waals surface area (Å²) in [6.07, 6.45) is 1.38. The van der Waals surface area contributed by atoms with Gasteiger partial charge in [0.25, 0.3) is 17.5 Å². The number of benzene rings is 3. The van der Waals surface area contributed by atoms with Crippen LogP contribution in [0.2, 0.25) is 5.02 Å². The maximum atomic E-state index is 12.1. The number of nitro benzene ring substituents is 1. The molecule has 0 saturated heterocycles. The first kappa shape index (κ1) is 22.4. The summed E-state index contributed by atoms with van der Waals surface area (Å²) in [6, 6.07) is 18.9. The third-order valence-electron chi connectivity index (χ3n) is 4.07. The van der Waals surface area contributed by atoms with Crippen molar-refractivity contribution in [3.8, 4) is 5.75 Å². The molecule has 9 nitrogen and oxygen atoms in total. The Hall–Kier alpha value is -4.24. The summed E-state index contributed by atoms with van der Waals surface area (Å²) in [7, 11) is 0. The van der Waals surface area contributed by atoms with E-state index in [-0.39, 0.29) is 23.8 Å². The molecule has 0 spiro atoms. The molecule has 0 fully saturated rings. The normalized spacial score (nSPS) is 10.5. The number of hydrogen-bond donors (Lipinski definition) is 2. The number of anilines is 1. The van der Waals surface area contributed by atoms with E-state index in [0.717, 1.165) is 6.07 Å². The van der Waals surface area contributed by atoms with Crippen LogP contribution in [0, 0.1) is 10.1 Å². The van der Waals surface area contributed by atoms with Crippen molar-refractivity contribution in [3.63, 3.8) is 0 Å². The second kappa shape index (κ2) is 10.7. The predicted octanol–water partition coefficient (Wildman–Crippen LogP) is 4.03. The van der Waals surface area contributed by atoms with Crippen molar-refractivity contribution in [2.75, 3.05) is 11.9 Å². The highest BCUT2D eigenvalue weighted by molar-refractivity contribution is 6.33. The van der Waals surface area contributed by atoms with Gasteiger partial charge in [0.2, 0.25) is 0 Å². The van der Waals surface area contributed by atoms with Gasteiger partial charge in [-0.15, -0.1) is 0 Å². The van der Waals surface area contributed by atoms with Crippen LogP contribution in [-0.2, 0) is 4.79 Å². The number of para-hydroxylation sites is 1. The number of hydrazone groups is 1. The SMILES string of the molecule is O=C(COc1cccc(/C=N/NC(=O)c2cccc([N+](=O)[O-])c2)c1)Nc1ccccc1Cl. The minimum Gasteiger partial charge on any atom is -0.484 e. The molecule has 0 aliphatic heterocycles. The number of nitrogens with zero attached hydrogens (tertiary/aromatic N) is 2. The molecule has 0 aliphatic rings. The van der Waals surface area contributed by atoms with Crippen molar-refractivity contribution >= 4 is 41.0 Å². The smallest absolute Gasteiger partial charge is 0.271 e. The summed E-state index contributed by atoms with van der Waals surface area (Å²) in [4.78, 5) is 34.4. The van der Waals surface area contributed by atoms with Crippen LogP contribution in [0.4, 0.5) is 11.4 Å². The maximum absolute atomic E-state index is 12.1. The fourth-order valence-electron chi connectivity index (χ4n) is 2.57. The largest absolute Gasteiger partial charge is 0.484 e. The Morgan fingerprint density at radius 3 is 2.62 bits per heavy atom. The van der Waals surface area contributed by atoms with Crippen LogP contribution in [0.1, 0.15) is 15.9 Å². The summed E-state index contributed by atoms with van der Waals surface area (Å²) in [5.41, 5.74) is 3.32. The second-order valence-corrected chi connectivity index (χ2v) is 6.80. The average molecular weight is 453 g/mol. The second-order valence-electron chi connectivity index (χ2n) is 6.40. The van der Waals surface area contributed by atoms with Crippen LogP contribution in [0.3, 0.4) is 0 Å². The number of rotatable bonds is 8. The van der Waals surface area contributed by atoms with Gasteiger partial charge in [0.15, 0.2) is 6.61 Å². The van der Waals surface area contributed by atoms with Crippen LogP contribution >= 0.6 is 11.6 Å². The summed E-state index contributed by atoms with van der Waals surface area (Å²) in [6.45, 7) is -0.227. The van der Waals surface area contributed by atoms with Gasteiger partial charge in [0.1, 0.15) is 5.75 Å². The number of amides is 2. The molecule has 0 heterocycles. The van der Waals surface area contributed by atoms with E-state index in [0.29, 0.717) is 22.0 Å². The van der Waals surface area contributed by atoms with Crippen LogP contribution in [0.5, 0.6) is 5.75 Å². The summed E-state index contributed by atoms with van der Waals surface area (Å²) >= 11 is 6.01. The molecular weight excluding hydrogens is 436 g/mol. The highest BCUT2D eigenvalue weighted by Crippen LogP contribution is 2.20. The van der Waals surface area contributed by atoms with E-state index in [1.807, 2.05) is 0 Å². The molecule has 0 aliphatic carbocycles. The zero-order chi connectivity index (χ0) is 22.9. The van der Waals surface area contributed by atoms with Gasteiger partial charge in [-0.2, -0.15) is 5.10 Å². The molecule has 0 saturated carbocycles. The van der Waals surface area contributed by atoms with Crippen molar-refractivity contribution in [2.24, 2.45) is 5.10 Å². The number of nitrogens with one attached hydrogen (secondary N) is 2. The van der Waals surface area contributed by atoms with Gasteiger partial charge in [-0.05, 0) is 35.9 Å². The molecule has 162 valence electrons. The van der Waals surface area contributed by atoms with Crippen molar-refractivity contribution in [1.82, 2.24) is 5.43 Å². The first-order chi connectivity index (χ1) is 15.4. The molecule has 0 aromatic heterocycles. The number of nitro groups is 1. The lowest BCUT2D eigenvalue weighted by atomic mass is 10.2. The van der Waals surface area contributed by atoms with E-state index >= 15 is 0 Å². The quantitative estimate of drug-likeness (QED) is 0.303. The minimum absolute atomic E-state index is 0.109. The van der Waals surface area contributed by atoms with Gasteiger partial charge in [0.05, 0.1) is 21.8 Å². The highest BCUT2D eigenvalue weighted by atomic mass is 35.5. The van der Waals surface area contributed by atoms with E-state index in [2.05, 4.69) is 15.8 Å². The summed E-state index contributed by atoms with van der Waals surface area (Å²) in [5, 5.41) is 17.7. The minimum atomic E-state index is -0.589. The molecule has 3 aromatic carbocycles. The number of ether oxygens (including phenoxy) is 1. The standard InChI is InChI=1S/C22H17ClN4O5/c23-19-9-1-2-10-20(19)25-21(28)14-32-18-8-3-5-15(11-18)13-24-26-22(29)16-6-4-7-17(12-16)27(30)31/h1-13H,14H2,(H,25,28)(H,26,29)/b24-13+. The highest BCUT2D eigenvalue weighted by Gasteiger charge is 2.11. The van der Waals surface area contributed by atoms with Gasteiger partial charge < -0.3 is 10.1 Å². The molecule has 0 atom stereocenters. The Morgan fingerprint density at radius 2 is 1.84 bits per heavy atom. The topological polar surface area (TPSA) is 123 Å². The molecule has 0 unspecified atom stereocenters. The molecule has 3 aromatic rings. The molecule has 2 N–H and O–H groups in total. The Labute approximate surface area is 187 Å². The molecule has 2 amide bonds. The molecule has 3 rings (SSSR count). The van der Waals surface area contributed by atoms with Crippen LogP contribution in [0.15, 0.2) is 77.9 Å². The van der Waals surface area contributed by atoms with Crippen molar-refractivity contribution < 1.29 is 19.2 Å². The van der Waals surface area contributed by atoms with Gasteiger partial charge in [-0.1, -0.05) is 41.9 Å². The van der Waals surface area contributed by atoms with E-state index in [4.69, 9.17) is 16.3 Å². The molecule has 0 radical (unpaired) electrons. The Bertz CT molecular complexity index is 1180. The predicted molar refractivity (Wildman–Crippen MR) is 120 cm³/mol. The van der Waals surface area contributed by atoms with Crippen molar-refractivity contribution in [2.45, 2.75) is 0 Å². The van der Waals surface area contributed by atoms with E-state index < -0.39 is 10.8 Å². The average Bonchev–Trinajstić information content (AvgIpc) is 2.79. The van der Waals surface area contributed by atoms with Crippen LogP contribution < -0.4 is 15.5 Å². The summed E-state index contributed by atoms with van der Waals surface area (Å²) < 4.78 is 5.48. The van der Waals surface area contributed by atoms with Gasteiger partial charge in [-0.3, -0.25) is 19.7 Å². The lowest BCUT2D eigenvalue weighted by Gasteiger charge is -2.09. The lowest BCUT2D eigenvalue weighted by molar-refractivity contribution is -0.384. The Kier molecular flexibility index (Phi) is 7.50. The summed E-state index contributed by atoms with van der Waals surface area (Å²) in [5.74, 6) is -0.539. The molecule has 0 bridgehead atoms. The first-order valence-corrected chi connectivity index (χ1v) is 9.65. The Balaban J connectivity index is 1.54. The van der Waals surface area contributed by atoms with Crippen molar-refractivity contribution in [1.29, 1.82) is 0 Å². The van der Waals surface area contributed by atoms with Gasteiger partial charge >= 0.3 is 0 Å². The number of carbonyl (C=O) groups excluding carboxylic acids is 2. The Morgan fingerprint density at radius 1 is 1.06 bits per heavy atom. The van der Waals surface area contributed by atoms with E-state index in [1.165, 1.54) is 24.4 Å². The third-order valence-corrected chi connectivity index (χ3v) is 4.40. The van der Waals surface area contributed by atoms with E-state index in [9.17, 15) is 19.7 Å². The van der Waals surface area contributed by atoms with E-state index in [1.54, 1.807) is 48.5 Å². The number of hydrogen-bond acceptors (Lipinski definition) is 6. The van der Waals surface area contributed by atoms with Crippen LogP contribution in [0.25, 0.3) is 0 Å². The lowest BCUT2D eigenvalue weighted by Crippen LogP contribution is -2.20. The van der Waals surface area contributed by atoms with Gasteiger partial charge in [-0.25, -0.2) is 5.43 Å². The molecule has 32 heavy (non-hydrogen) atoms. The number of non-ortho nitro benzene ring substituents is 1. The fourth-order valence-corrected chi connectivity index (χ4v) is 2.76. The van der Waals surface area contributed by atoms with Crippen molar-refractivity contribution in [3.05, 3.63) is 99.1 Å². The monoisotopic (exact) mass is 452 g/mol. The third kappa shape index (κ3) is 6.38. The zero-order valence-corrected chi connectivity index (χ0v) is 17.3. The molecular formula is C22H17ClN4O5. The van der Waals surface area contributed by atoms with Crippen LogP contribution in [-0.4, -0.2) is 29.6 Å². The zero-order valence-electron chi connectivity index (χ0n) is 16.5. The first-order valence-electron chi connectivity index (χ1n) is 9.27.